The molecule has 2 unspecified atom stereocenters. The molecule has 16 heavy (non-hydrogen) atoms. The van der Waals surface area contributed by atoms with Crippen molar-refractivity contribution in [2.45, 2.75) is 44.7 Å². The molecule has 0 aromatic heterocycles. The van der Waals surface area contributed by atoms with E-state index in [-0.39, 0.29) is 0 Å². The Kier molecular flexibility index (Phi) is 4.62. The first-order chi connectivity index (χ1) is 7.85. The first-order valence-electron chi connectivity index (χ1n) is 6.81. The second-order valence-electron chi connectivity index (χ2n) is 5.26. The van der Waals surface area contributed by atoms with Gasteiger partial charge in [0.05, 0.1) is 6.61 Å². The summed E-state index contributed by atoms with van der Waals surface area (Å²) >= 11 is 0. The number of hydrogen-bond acceptors (Lipinski definition) is 3. The summed E-state index contributed by atoms with van der Waals surface area (Å²) in [5, 5.41) is 3.71. The highest BCUT2D eigenvalue weighted by Gasteiger charge is 2.34. The molecule has 3 heteroatoms. The molecule has 3 nitrogen and oxygen atoms in total. The summed E-state index contributed by atoms with van der Waals surface area (Å²) in [6, 6.07) is 1.36. The lowest BCUT2D eigenvalue weighted by atomic mass is 10.1. The molecular weight excluding hydrogens is 200 g/mol. The molecule has 1 aliphatic carbocycles. The molecule has 2 aliphatic rings. The molecular formula is C13H26N2O. The largest absolute Gasteiger partial charge is 0.383 e. The van der Waals surface area contributed by atoms with E-state index in [1.165, 1.54) is 45.3 Å². The van der Waals surface area contributed by atoms with Crippen molar-refractivity contribution in [3.05, 3.63) is 0 Å². The quantitative estimate of drug-likeness (QED) is 0.768. The molecule has 1 heterocycles. The molecule has 1 saturated heterocycles. The Morgan fingerprint density at radius 3 is 2.88 bits per heavy atom. The van der Waals surface area contributed by atoms with Crippen LogP contribution in [-0.2, 0) is 4.74 Å². The number of nitrogens with zero attached hydrogens (tertiary/aromatic N) is 1. The Labute approximate surface area is 99.5 Å². The van der Waals surface area contributed by atoms with Gasteiger partial charge in [-0.2, -0.15) is 0 Å². The fourth-order valence-corrected chi connectivity index (χ4v) is 2.80. The summed E-state index contributed by atoms with van der Waals surface area (Å²) in [5.74, 6) is 0.959. The van der Waals surface area contributed by atoms with E-state index in [4.69, 9.17) is 4.74 Å². The molecule has 0 radical (unpaired) electrons. The molecule has 2 rings (SSSR count). The van der Waals surface area contributed by atoms with Crippen molar-refractivity contribution in [3.63, 3.8) is 0 Å². The summed E-state index contributed by atoms with van der Waals surface area (Å²) in [5.41, 5.74) is 0. The van der Waals surface area contributed by atoms with Crippen LogP contribution in [0.3, 0.4) is 0 Å². The minimum atomic E-state index is 0.617. The van der Waals surface area contributed by atoms with Gasteiger partial charge in [-0.05, 0) is 44.7 Å². The maximum absolute atomic E-state index is 5.34. The topological polar surface area (TPSA) is 24.5 Å². The number of rotatable bonds is 5. The molecule has 2 fully saturated rings. The van der Waals surface area contributed by atoms with Crippen LogP contribution in [0.15, 0.2) is 0 Å². The molecule has 1 saturated carbocycles. The number of methoxy groups -OCH3 is 1. The zero-order valence-corrected chi connectivity index (χ0v) is 10.7. The van der Waals surface area contributed by atoms with Crippen molar-refractivity contribution in [1.82, 2.24) is 10.2 Å². The van der Waals surface area contributed by atoms with Crippen molar-refractivity contribution in [3.8, 4) is 0 Å². The van der Waals surface area contributed by atoms with E-state index >= 15 is 0 Å². The van der Waals surface area contributed by atoms with Crippen molar-refractivity contribution >= 4 is 0 Å². The van der Waals surface area contributed by atoms with Crippen LogP contribution in [0.4, 0.5) is 0 Å². The summed E-state index contributed by atoms with van der Waals surface area (Å²) in [6.07, 6.45) is 5.35. The molecule has 1 N–H and O–H groups in total. The van der Waals surface area contributed by atoms with Gasteiger partial charge in [0.25, 0.3) is 0 Å². The predicted octanol–water partition coefficient (Wildman–Crippen LogP) is 1.49. The summed E-state index contributed by atoms with van der Waals surface area (Å²) in [4.78, 5) is 2.65. The third-order valence-corrected chi connectivity index (χ3v) is 4.00. The lowest BCUT2D eigenvalue weighted by Crippen LogP contribution is -2.45. The van der Waals surface area contributed by atoms with Gasteiger partial charge in [-0.15, -0.1) is 0 Å². The van der Waals surface area contributed by atoms with Crippen molar-refractivity contribution in [2.75, 3.05) is 33.4 Å². The van der Waals surface area contributed by atoms with Crippen LogP contribution in [0, 0.1) is 5.92 Å². The molecule has 0 bridgehead atoms. The molecule has 0 aromatic carbocycles. The van der Waals surface area contributed by atoms with Crippen LogP contribution >= 0.6 is 0 Å². The zero-order chi connectivity index (χ0) is 11.4. The smallest absolute Gasteiger partial charge is 0.0617 e. The van der Waals surface area contributed by atoms with E-state index in [1.54, 1.807) is 0 Å². The average molecular weight is 226 g/mol. The van der Waals surface area contributed by atoms with Crippen molar-refractivity contribution < 1.29 is 4.74 Å². The fraction of sp³-hybridized carbons (Fsp3) is 1.00. The highest BCUT2D eigenvalue weighted by atomic mass is 16.5. The third kappa shape index (κ3) is 3.19. The van der Waals surface area contributed by atoms with E-state index in [1.807, 2.05) is 7.11 Å². The summed E-state index contributed by atoms with van der Waals surface area (Å²) in [7, 11) is 1.82. The highest BCUT2D eigenvalue weighted by molar-refractivity contribution is 4.91. The first kappa shape index (κ1) is 12.3. The van der Waals surface area contributed by atoms with E-state index < -0.39 is 0 Å². The lowest BCUT2D eigenvalue weighted by molar-refractivity contribution is 0.0848. The molecule has 94 valence electrons. The zero-order valence-electron chi connectivity index (χ0n) is 10.7. The minimum absolute atomic E-state index is 0.617. The van der Waals surface area contributed by atoms with E-state index in [0.29, 0.717) is 6.04 Å². The van der Waals surface area contributed by atoms with Crippen LogP contribution in [0.5, 0.6) is 0 Å². The van der Waals surface area contributed by atoms with Gasteiger partial charge in [0.2, 0.25) is 0 Å². The molecule has 0 amide bonds. The lowest BCUT2D eigenvalue weighted by Gasteiger charge is -2.31. The van der Waals surface area contributed by atoms with Gasteiger partial charge < -0.3 is 10.1 Å². The Hall–Kier alpha value is -0.120. The van der Waals surface area contributed by atoms with Gasteiger partial charge in [0.1, 0.15) is 0 Å². The van der Waals surface area contributed by atoms with Crippen molar-refractivity contribution in [1.29, 1.82) is 0 Å². The SMILES string of the molecule is CCC(COC)N1CCCNC(C2CC2)C1. The molecule has 1 aliphatic heterocycles. The molecule has 0 aromatic rings. The fourth-order valence-electron chi connectivity index (χ4n) is 2.80. The molecule has 2 atom stereocenters. The van der Waals surface area contributed by atoms with E-state index in [2.05, 4.69) is 17.1 Å². The van der Waals surface area contributed by atoms with E-state index in [0.717, 1.165) is 18.6 Å². The van der Waals surface area contributed by atoms with Crippen molar-refractivity contribution in [2.24, 2.45) is 5.92 Å². The normalized spacial score (nSPS) is 30.0. The Bertz CT molecular complexity index is 206. The molecule has 0 spiro atoms. The van der Waals surface area contributed by atoms with Crippen LogP contribution in [-0.4, -0.2) is 50.3 Å². The Morgan fingerprint density at radius 2 is 2.25 bits per heavy atom. The Balaban J connectivity index is 1.89. The standard InChI is InChI=1S/C13H26N2O/c1-3-12(10-16-2)15-8-4-7-14-13(9-15)11-5-6-11/h11-14H,3-10H2,1-2H3. The monoisotopic (exact) mass is 226 g/mol. The maximum atomic E-state index is 5.34. The summed E-state index contributed by atoms with van der Waals surface area (Å²) < 4.78 is 5.34. The van der Waals surface area contributed by atoms with Crippen LogP contribution in [0.25, 0.3) is 0 Å². The van der Waals surface area contributed by atoms with Gasteiger partial charge in [-0.1, -0.05) is 6.92 Å². The average Bonchev–Trinajstić information content (AvgIpc) is 3.10. The minimum Gasteiger partial charge on any atom is -0.383 e. The van der Waals surface area contributed by atoms with Gasteiger partial charge in [0.15, 0.2) is 0 Å². The maximum Gasteiger partial charge on any atom is 0.0617 e. The first-order valence-corrected chi connectivity index (χ1v) is 6.81. The van der Waals surface area contributed by atoms with Gasteiger partial charge in [0, 0.05) is 25.7 Å². The van der Waals surface area contributed by atoms with Crippen LogP contribution < -0.4 is 5.32 Å². The predicted molar refractivity (Wildman–Crippen MR) is 66.7 cm³/mol. The second kappa shape index (κ2) is 5.99. The number of hydrogen-bond donors (Lipinski definition) is 1. The number of nitrogens with one attached hydrogen (secondary N) is 1. The highest BCUT2D eigenvalue weighted by Crippen LogP contribution is 2.33. The van der Waals surface area contributed by atoms with Crippen LogP contribution in [0.2, 0.25) is 0 Å². The van der Waals surface area contributed by atoms with Gasteiger partial charge in [-0.25, -0.2) is 0 Å². The van der Waals surface area contributed by atoms with Gasteiger partial charge in [-0.3, -0.25) is 4.90 Å². The Morgan fingerprint density at radius 1 is 1.44 bits per heavy atom. The number of ether oxygens (including phenoxy) is 1. The second-order valence-corrected chi connectivity index (χ2v) is 5.26. The summed E-state index contributed by atoms with van der Waals surface area (Å²) in [6.45, 7) is 6.81. The third-order valence-electron chi connectivity index (χ3n) is 4.00. The van der Waals surface area contributed by atoms with Crippen LogP contribution in [0.1, 0.15) is 32.6 Å². The van der Waals surface area contributed by atoms with E-state index in [9.17, 15) is 0 Å². The van der Waals surface area contributed by atoms with Gasteiger partial charge >= 0.3 is 0 Å².